The largest absolute Gasteiger partial charge is 0.481 e. The molecule has 1 N–H and O–H groups in total. The molecule has 1 saturated carbocycles. The zero-order chi connectivity index (χ0) is 15.1. The Morgan fingerprint density at radius 3 is 2.35 bits per heavy atom. The molecule has 0 aromatic carbocycles. The van der Waals surface area contributed by atoms with Crippen molar-refractivity contribution >= 4 is 17.9 Å². The highest BCUT2D eigenvalue weighted by atomic mass is 16.6. The molecule has 1 rings (SSSR count). The van der Waals surface area contributed by atoms with Crippen molar-refractivity contribution in [1.29, 1.82) is 0 Å². The summed E-state index contributed by atoms with van der Waals surface area (Å²) in [6.45, 7) is 4.92. The van der Waals surface area contributed by atoms with Gasteiger partial charge in [0.1, 0.15) is 13.2 Å². The summed E-state index contributed by atoms with van der Waals surface area (Å²) in [4.78, 5) is 33.8. The average molecular weight is 284 g/mol. The van der Waals surface area contributed by atoms with Gasteiger partial charge in [0.15, 0.2) is 0 Å². The van der Waals surface area contributed by atoms with E-state index in [2.05, 4.69) is 6.58 Å². The molecule has 2 unspecified atom stereocenters. The highest BCUT2D eigenvalue weighted by Gasteiger charge is 2.31. The van der Waals surface area contributed by atoms with Crippen LogP contribution in [0.5, 0.6) is 0 Å². The van der Waals surface area contributed by atoms with Crippen LogP contribution in [0.15, 0.2) is 12.2 Å². The molecule has 1 fully saturated rings. The maximum atomic E-state index is 11.8. The Kier molecular flexibility index (Phi) is 6.21. The lowest BCUT2D eigenvalue weighted by molar-refractivity contribution is -0.156. The molecule has 0 bridgehead atoms. The van der Waals surface area contributed by atoms with Crippen molar-refractivity contribution in [2.24, 2.45) is 11.8 Å². The van der Waals surface area contributed by atoms with Crippen LogP contribution in [-0.4, -0.2) is 36.2 Å². The van der Waals surface area contributed by atoms with E-state index in [0.717, 1.165) is 0 Å². The van der Waals surface area contributed by atoms with Gasteiger partial charge in [0.25, 0.3) is 0 Å². The van der Waals surface area contributed by atoms with Crippen LogP contribution in [0.4, 0.5) is 0 Å². The number of rotatable bonds is 6. The molecule has 0 heterocycles. The molecular weight excluding hydrogens is 264 g/mol. The first kappa shape index (κ1) is 16.2. The summed E-state index contributed by atoms with van der Waals surface area (Å²) >= 11 is 0. The van der Waals surface area contributed by atoms with Crippen LogP contribution < -0.4 is 0 Å². The molecule has 0 aromatic rings. The summed E-state index contributed by atoms with van der Waals surface area (Å²) in [5, 5.41) is 8.95. The molecule has 0 spiro atoms. The van der Waals surface area contributed by atoms with E-state index in [9.17, 15) is 14.4 Å². The van der Waals surface area contributed by atoms with Crippen LogP contribution in [0, 0.1) is 11.8 Å². The number of aliphatic carboxylic acids is 1. The van der Waals surface area contributed by atoms with Gasteiger partial charge in [-0.25, -0.2) is 4.79 Å². The minimum atomic E-state index is -0.863. The molecule has 1 aliphatic rings. The van der Waals surface area contributed by atoms with Crippen molar-refractivity contribution in [3.63, 3.8) is 0 Å². The predicted octanol–water partition coefficient (Wildman–Crippen LogP) is 1.54. The van der Waals surface area contributed by atoms with E-state index >= 15 is 0 Å². The fraction of sp³-hybridized carbons (Fsp3) is 0.643. The fourth-order valence-electron chi connectivity index (χ4n) is 2.15. The van der Waals surface area contributed by atoms with Gasteiger partial charge in [-0.05, 0) is 26.2 Å². The first-order valence-corrected chi connectivity index (χ1v) is 6.64. The SMILES string of the molecule is C=C(C)C(=O)OCCOC(=O)C1CCCC(C(=O)O)C1. The molecule has 0 aromatic heterocycles. The summed E-state index contributed by atoms with van der Waals surface area (Å²) in [7, 11) is 0. The van der Waals surface area contributed by atoms with E-state index in [1.165, 1.54) is 6.92 Å². The number of carboxylic acid groups (broad SMARTS) is 1. The van der Waals surface area contributed by atoms with Crippen LogP contribution >= 0.6 is 0 Å². The van der Waals surface area contributed by atoms with Crippen molar-refractivity contribution in [1.82, 2.24) is 0 Å². The van der Waals surface area contributed by atoms with Gasteiger partial charge >= 0.3 is 17.9 Å². The molecule has 112 valence electrons. The Morgan fingerprint density at radius 2 is 1.75 bits per heavy atom. The Hall–Kier alpha value is -1.85. The van der Waals surface area contributed by atoms with Crippen LogP contribution in [0.1, 0.15) is 32.6 Å². The summed E-state index contributed by atoms with van der Waals surface area (Å²) in [6.07, 6.45) is 2.28. The monoisotopic (exact) mass is 284 g/mol. The Morgan fingerprint density at radius 1 is 1.15 bits per heavy atom. The van der Waals surface area contributed by atoms with E-state index in [1.807, 2.05) is 0 Å². The molecule has 1 aliphatic carbocycles. The van der Waals surface area contributed by atoms with Crippen molar-refractivity contribution in [2.45, 2.75) is 32.6 Å². The first-order chi connectivity index (χ1) is 9.41. The van der Waals surface area contributed by atoms with Gasteiger partial charge in [0, 0.05) is 5.57 Å². The van der Waals surface area contributed by atoms with Crippen LogP contribution in [0.3, 0.4) is 0 Å². The maximum absolute atomic E-state index is 11.8. The van der Waals surface area contributed by atoms with Crippen molar-refractivity contribution in [3.05, 3.63) is 12.2 Å². The highest BCUT2D eigenvalue weighted by molar-refractivity contribution is 5.86. The lowest BCUT2D eigenvalue weighted by Gasteiger charge is -2.24. The van der Waals surface area contributed by atoms with E-state index < -0.39 is 23.8 Å². The number of ether oxygens (including phenoxy) is 2. The molecule has 6 heteroatoms. The fourth-order valence-corrected chi connectivity index (χ4v) is 2.15. The summed E-state index contributed by atoms with van der Waals surface area (Å²) < 4.78 is 9.79. The topological polar surface area (TPSA) is 89.9 Å². The molecule has 0 amide bonds. The average Bonchev–Trinajstić information content (AvgIpc) is 2.43. The Balaban J connectivity index is 2.27. The highest BCUT2D eigenvalue weighted by Crippen LogP contribution is 2.29. The molecule has 0 aliphatic heterocycles. The van der Waals surface area contributed by atoms with Crippen molar-refractivity contribution in [3.8, 4) is 0 Å². The van der Waals surface area contributed by atoms with Crippen LogP contribution in [0.25, 0.3) is 0 Å². The third-order valence-corrected chi connectivity index (χ3v) is 3.27. The minimum Gasteiger partial charge on any atom is -0.481 e. The minimum absolute atomic E-state index is 0.0213. The van der Waals surface area contributed by atoms with Gasteiger partial charge in [-0.2, -0.15) is 0 Å². The zero-order valence-electron chi connectivity index (χ0n) is 11.6. The molecule has 2 atom stereocenters. The first-order valence-electron chi connectivity index (χ1n) is 6.64. The summed E-state index contributed by atoms with van der Waals surface area (Å²) in [5.41, 5.74) is 0.285. The van der Waals surface area contributed by atoms with Crippen LogP contribution in [-0.2, 0) is 23.9 Å². The van der Waals surface area contributed by atoms with Gasteiger partial charge in [-0.3, -0.25) is 9.59 Å². The molecular formula is C14H20O6. The predicted molar refractivity (Wildman–Crippen MR) is 69.8 cm³/mol. The number of carbonyl (C=O) groups excluding carboxylic acids is 2. The van der Waals surface area contributed by atoms with Gasteiger partial charge in [0.2, 0.25) is 0 Å². The van der Waals surface area contributed by atoms with Crippen molar-refractivity contribution < 1.29 is 29.0 Å². The van der Waals surface area contributed by atoms with E-state index in [-0.39, 0.29) is 24.7 Å². The summed E-state index contributed by atoms with van der Waals surface area (Å²) in [6, 6.07) is 0. The molecule has 20 heavy (non-hydrogen) atoms. The molecule has 0 radical (unpaired) electrons. The van der Waals surface area contributed by atoms with E-state index in [1.54, 1.807) is 0 Å². The normalized spacial score (nSPS) is 21.9. The Labute approximate surface area is 117 Å². The van der Waals surface area contributed by atoms with Crippen molar-refractivity contribution in [2.75, 3.05) is 13.2 Å². The maximum Gasteiger partial charge on any atom is 0.333 e. The zero-order valence-corrected chi connectivity index (χ0v) is 11.6. The standard InChI is InChI=1S/C14H20O6/c1-9(2)13(17)19-6-7-20-14(18)11-5-3-4-10(8-11)12(15)16/h10-11H,1,3-8H2,2H3,(H,15,16). The lowest BCUT2D eigenvalue weighted by atomic mass is 9.81. The smallest absolute Gasteiger partial charge is 0.333 e. The third-order valence-electron chi connectivity index (χ3n) is 3.27. The van der Waals surface area contributed by atoms with Crippen LogP contribution in [0.2, 0.25) is 0 Å². The van der Waals surface area contributed by atoms with E-state index in [0.29, 0.717) is 25.7 Å². The van der Waals surface area contributed by atoms with Gasteiger partial charge < -0.3 is 14.6 Å². The lowest BCUT2D eigenvalue weighted by Crippen LogP contribution is -2.29. The second-order valence-electron chi connectivity index (χ2n) is 4.98. The van der Waals surface area contributed by atoms with Gasteiger partial charge in [-0.15, -0.1) is 0 Å². The second-order valence-corrected chi connectivity index (χ2v) is 4.98. The molecule has 0 saturated heterocycles. The van der Waals surface area contributed by atoms with Gasteiger partial charge in [-0.1, -0.05) is 13.0 Å². The number of hydrogen-bond acceptors (Lipinski definition) is 5. The Bertz CT molecular complexity index is 400. The number of carbonyl (C=O) groups is 3. The third kappa shape index (κ3) is 5.03. The van der Waals surface area contributed by atoms with E-state index in [4.69, 9.17) is 14.6 Å². The number of esters is 2. The van der Waals surface area contributed by atoms with Gasteiger partial charge in [0.05, 0.1) is 11.8 Å². The quantitative estimate of drug-likeness (QED) is 0.452. The molecule has 6 nitrogen and oxygen atoms in total. The number of carboxylic acids is 1. The second kappa shape index (κ2) is 7.67. The summed E-state index contributed by atoms with van der Waals surface area (Å²) in [5.74, 6) is -2.64. The number of hydrogen-bond donors (Lipinski definition) is 1.